The second-order valence-corrected chi connectivity index (χ2v) is 6.66. The number of aromatic carboxylic acids is 1. The van der Waals surface area contributed by atoms with Crippen LogP contribution in [0.3, 0.4) is 0 Å². The lowest BCUT2D eigenvalue weighted by molar-refractivity contribution is 0.0615. The van der Waals surface area contributed by atoms with Crippen molar-refractivity contribution in [1.29, 1.82) is 0 Å². The second-order valence-electron chi connectivity index (χ2n) is 5.61. The monoisotopic (exact) mass is 331 g/mol. The minimum Gasteiger partial charge on any atom is -0.477 e. The molecule has 0 aromatic carbocycles. The predicted octanol–water partition coefficient (Wildman–Crippen LogP) is 2.91. The fraction of sp³-hybridized carbons (Fsp3) is 0.375. The highest BCUT2D eigenvalue weighted by Crippen LogP contribution is 2.33. The first-order valence-electron chi connectivity index (χ1n) is 7.47. The second kappa shape index (κ2) is 6.45. The molecule has 1 aliphatic heterocycles. The smallest absolute Gasteiger partial charge is 0.346 e. The molecule has 7 heteroatoms. The van der Waals surface area contributed by atoms with Gasteiger partial charge in [-0.2, -0.15) is 0 Å². The van der Waals surface area contributed by atoms with E-state index < -0.39 is 5.97 Å². The number of hydrogen-bond acceptors (Lipinski definition) is 5. The van der Waals surface area contributed by atoms with E-state index in [-0.39, 0.29) is 16.8 Å². The molecule has 0 aliphatic carbocycles. The van der Waals surface area contributed by atoms with E-state index in [0.29, 0.717) is 17.0 Å². The molecule has 0 saturated carbocycles. The molecule has 3 rings (SSSR count). The van der Waals surface area contributed by atoms with Crippen LogP contribution in [0.5, 0.6) is 0 Å². The van der Waals surface area contributed by atoms with Crippen LogP contribution in [0.4, 0.5) is 0 Å². The van der Waals surface area contributed by atoms with Gasteiger partial charge in [0.1, 0.15) is 11.2 Å². The molecule has 2 aromatic rings. The molecule has 1 amide bonds. The van der Waals surface area contributed by atoms with Gasteiger partial charge in [0.05, 0.1) is 10.9 Å². The molecule has 2 aromatic heterocycles. The molecule has 1 saturated heterocycles. The molecular weight excluding hydrogens is 314 g/mol. The summed E-state index contributed by atoms with van der Waals surface area (Å²) < 4.78 is 0. The van der Waals surface area contributed by atoms with E-state index in [0.717, 1.165) is 36.2 Å². The van der Waals surface area contributed by atoms with Crippen molar-refractivity contribution in [1.82, 2.24) is 14.9 Å². The molecule has 1 fully saturated rings. The van der Waals surface area contributed by atoms with E-state index in [4.69, 9.17) is 0 Å². The van der Waals surface area contributed by atoms with Gasteiger partial charge in [-0.3, -0.25) is 4.79 Å². The van der Waals surface area contributed by atoms with Crippen LogP contribution in [0.15, 0.2) is 24.8 Å². The Kier molecular flexibility index (Phi) is 4.38. The summed E-state index contributed by atoms with van der Waals surface area (Å²) in [6.07, 6.45) is 7.83. The van der Waals surface area contributed by atoms with Crippen molar-refractivity contribution in [3.8, 4) is 0 Å². The van der Waals surface area contributed by atoms with E-state index in [1.165, 1.54) is 6.33 Å². The number of piperidine rings is 1. The van der Waals surface area contributed by atoms with Gasteiger partial charge in [0, 0.05) is 24.5 Å². The number of aryl methyl sites for hydroxylation is 1. The number of carbonyl (C=O) groups excluding carboxylic acids is 1. The topological polar surface area (TPSA) is 83.4 Å². The highest BCUT2D eigenvalue weighted by Gasteiger charge is 2.30. The maximum absolute atomic E-state index is 12.9. The molecule has 6 nitrogen and oxygen atoms in total. The average Bonchev–Trinajstić information content (AvgIpc) is 2.97. The lowest BCUT2D eigenvalue weighted by Gasteiger charge is -2.35. The Balaban J connectivity index is 1.90. The van der Waals surface area contributed by atoms with Crippen LogP contribution in [-0.4, -0.2) is 38.4 Å². The number of amides is 1. The molecule has 23 heavy (non-hydrogen) atoms. The van der Waals surface area contributed by atoms with E-state index in [1.54, 1.807) is 25.4 Å². The van der Waals surface area contributed by atoms with Gasteiger partial charge in [-0.25, -0.2) is 14.8 Å². The molecule has 1 unspecified atom stereocenters. The lowest BCUT2D eigenvalue weighted by Crippen LogP contribution is -2.38. The van der Waals surface area contributed by atoms with Gasteiger partial charge in [-0.15, -0.1) is 11.3 Å². The van der Waals surface area contributed by atoms with Gasteiger partial charge in [0.15, 0.2) is 0 Å². The fourth-order valence-corrected chi connectivity index (χ4v) is 3.91. The summed E-state index contributed by atoms with van der Waals surface area (Å²) in [6.45, 7) is 2.38. The molecule has 1 N–H and O–H groups in total. The molecular formula is C16H17N3O3S. The number of rotatable bonds is 3. The van der Waals surface area contributed by atoms with Crippen LogP contribution in [0, 0.1) is 6.92 Å². The van der Waals surface area contributed by atoms with Crippen LogP contribution in [-0.2, 0) is 0 Å². The third-order valence-corrected chi connectivity index (χ3v) is 5.26. The summed E-state index contributed by atoms with van der Waals surface area (Å²) in [7, 11) is 0. The third kappa shape index (κ3) is 3.10. The summed E-state index contributed by atoms with van der Waals surface area (Å²) in [4.78, 5) is 34.7. The first-order valence-corrected chi connectivity index (χ1v) is 8.29. The molecule has 1 aliphatic rings. The fourth-order valence-electron chi connectivity index (χ4n) is 2.95. The van der Waals surface area contributed by atoms with Crippen LogP contribution in [0.2, 0.25) is 0 Å². The number of aromatic nitrogens is 2. The number of carbonyl (C=O) groups is 2. The minimum absolute atomic E-state index is 0.0480. The Hall–Kier alpha value is -2.28. The predicted molar refractivity (Wildman–Crippen MR) is 85.7 cm³/mol. The first kappa shape index (κ1) is 15.6. The number of carboxylic acid groups (broad SMARTS) is 1. The largest absolute Gasteiger partial charge is 0.477 e. The normalized spacial score (nSPS) is 18.0. The Morgan fingerprint density at radius 2 is 2.04 bits per heavy atom. The van der Waals surface area contributed by atoms with Crippen molar-refractivity contribution in [2.24, 2.45) is 0 Å². The number of likely N-dealkylation sites (tertiary alicyclic amines) is 1. The molecule has 0 spiro atoms. The van der Waals surface area contributed by atoms with Crippen molar-refractivity contribution < 1.29 is 14.7 Å². The van der Waals surface area contributed by atoms with Crippen LogP contribution >= 0.6 is 11.3 Å². The molecule has 0 radical (unpaired) electrons. The summed E-state index contributed by atoms with van der Waals surface area (Å²) in [5.74, 6) is -1.10. The van der Waals surface area contributed by atoms with Gasteiger partial charge < -0.3 is 10.0 Å². The van der Waals surface area contributed by atoms with Crippen molar-refractivity contribution in [3.05, 3.63) is 45.7 Å². The van der Waals surface area contributed by atoms with E-state index in [1.807, 2.05) is 4.90 Å². The van der Waals surface area contributed by atoms with Crippen LogP contribution < -0.4 is 0 Å². The van der Waals surface area contributed by atoms with Crippen molar-refractivity contribution in [2.75, 3.05) is 6.54 Å². The molecule has 0 bridgehead atoms. The standard InChI is InChI=1S/C16H17N3O3S/c1-10-6-13(23-14(10)16(21)22)15(20)19-5-3-2-4-12(19)11-7-17-9-18-8-11/h6-9,12H,2-5H2,1H3,(H,21,22). The maximum Gasteiger partial charge on any atom is 0.346 e. The van der Waals surface area contributed by atoms with Crippen molar-refractivity contribution >= 4 is 23.2 Å². The van der Waals surface area contributed by atoms with Gasteiger partial charge in [-0.1, -0.05) is 0 Å². The quantitative estimate of drug-likeness (QED) is 0.935. The zero-order valence-corrected chi connectivity index (χ0v) is 13.5. The summed E-state index contributed by atoms with van der Waals surface area (Å²) in [5.41, 5.74) is 1.55. The molecule has 1 atom stereocenters. The highest BCUT2D eigenvalue weighted by molar-refractivity contribution is 7.16. The van der Waals surface area contributed by atoms with Gasteiger partial charge in [0.25, 0.3) is 5.91 Å². The summed E-state index contributed by atoms with van der Waals surface area (Å²) in [6, 6.07) is 1.62. The third-order valence-electron chi connectivity index (χ3n) is 4.05. The zero-order valence-electron chi connectivity index (χ0n) is 12.7. The molecule has 3 heterocycles. The van der Waals surface area contributed by atoms with Gasteiger partial charge in [-0.05, 0) is 37.8 Å². The Morgan fingerprint density at radius 1 is 1.30 bits per heavy atom. The van der Waals surface area contributed by atoms with Crippen molar-refractivity contribution in [3.63, 3.8) is 0 Å². The Bertz CT molecular complexity index is 729. The Morgan fingerprint density at radius 3 is 2.70 bits per heavy atom. The SMILES string of the molecule is Cc1cc(C(=O)N2CCCCC2c2cncnc2)sc1C(=O)O. The number of nitrogens with zero attached hydrogens (tertiary/aromatic N) is 3. The van der Waals surface area contributed by atoms with Gasteiger partial charge in [0.2, 0.25) is 0 Å². The maximum atomic E-state index is 12.9. The summed E-state index contributed by atoms with van der Waals surface area (Å²) >= 11 is 1.04. The minimum atomic E-state index is -0.988. The van der Waals surface area contributed by atoms with Gasteiger partial charge >= 0.3 is 5.97 Å². The van der Waals surface area contributed by atoms with Crippen molar-refractivity contribution in [2.45, 2.75) is 32.2 Å². The highest BCUT2D eigenvalue weighted by atomic mass is 32.1. The first-order chi connectivity index (χ1) is 11.1. The Labute approximate surface area is 137 Å². The van der Waals surface area contributed by atoms with E-state index in [9.17, 15) is 14.7 Å². The number of carboxylic acids is 1. The van der Waals surface area contributed by atoms with Crippen LogP contribution in [0.1, 0.15) is 55.8 Å². The molecule has 120 valence electrons. The van der Waals surface area contributed by atoms with Crippen LogP contribution in [0.25, 0.3) is 0 Å². The van der Waals surface area contributed by atoms with E-state index in [2.05, 4.69) is 9.97 Å². The number of thiophene rings is 1. The summed E-state index contributed by atoms with van der Waals surface area (Å²) in [5, 5.41) is 9.17. The van der Waals surface area contributed by atoms with E-state index >= 15 is 0 Å². The zero-order chi connectivity index (χ0) is 16.4. The number of hydrogen-bond donors (Lipinski definition) is 1. The lowest BCUT2D eigenvalue weighted by atomic mass is 9.97. The average molecular weight is 331 g/mol.